The minimum absolute atomic E-state index is 0.0451. The fraction of sp³-hybridized carbons (Fsp3) is 0.889. The second kappa shape index (κ2) is 5.95. The Morgan fingerprint density at radius 2 is 2.07 bits per heavy atom. The summed E-state index contributed by atoms with van der Waals surface area (Å²) in [5, 5.41) is 16.3. The third kappa shape index (κ3) is 5.90. The Morgan fingerprint density at radius 3 is 2.21 bits per heavy atom. The van der Waals surface area contributed by atoms with E-state index in [-0.39, 0.29) is 19.1 Å². The number of aliphatic hydroxyl groups is 1. The van der Waals surface area contributed by atoms with Gasteiger partial charge in [0.15, 0.2) is 5.79 Å². The molecule has 0 aromatic rings. The minimum Gasteiger partial charge on any atom is -0.481 e. The van der Waals surface area contributed by atoms with Gasteiger partial charge < -0.3 is 19.7 Å². The quantitative estimate of drug-likeness (QED) is 0.692. The van der Waals surface area contributed by atoms with Crippen molar-refractivity contribution in [2.75, 3.05) is 13.2 Å². The van der Waals surface area contributed by atoms with Crippen LogP contribution in [0.4, 0.5) is 0 Å². The molecule has 1 atom stereocenters. The Kier molecular flexibility index (Phi) is 5.68. The second-order valence-electron chi connectivity index (χ2n) is 3.38. The summed E-state index contributed by atoms with van der Waals surface area (Å²) in [6.07, 6.45) is 0.0972. The molecule has 1 heterocycles. The molecule has 14 heavy (non-hydrogen) atoms. The maximum atomic E-state index is 9.37. The van der Waals surface area contributed by atoms with Crippen LogP contribution in [0.2, 0.25) is 0 Å². The van der Waals surface area contributed by atoms with Crippen molar-refractivity contribution in [3.63, 3.8) is 0 Å². The molecule has 1 saturated heterocycles. The van der Waals surface area contributed by atoms with Gasteiger partial charge in [-0.1, -0.05) is 6.92 Å². The molecule has 1 aliphatic heterocycles. The Hall–Kier alpha value is -0.650. The highest BCUT2D eigenvalue weighted by molar-refractivity contribution is 5.66. The maximum Gasteiger partial charge on any atom is 0.303 e. The van der Waals surface area contributed by atoms with Crippen molar-refractivity contribution in [2.24, 2.45) is 0 Å². The molecule has 0 unspecified atom stereocenters. The highest BCUT2D eigenvalue weighted by Gasteiger charge is 2.31. The predicted molar refractivity (Wildman–Crippen MR) is 49.9 cm³/mol. The van der Waals surface area contributed by atoms with Gasteiger partial charge in [-0.15, -0.1) is 0 Å². The molecule has 0 aromatic heterocycles. The molecule has 0 saturated carbocycles. The van der Waals surface area contributed by atoms with Crippen LogP contribution in [-0.2, 0) is 14.3 Å². The Bertz CT molecular complexity index is 178. The van der Waals surface area contributed by atoms with Crippen LogP contribution in [0.15, 0.2) is 0 Å². The van der Waals surface area contributed by atoms with Gasteiger partial charge in [0.2, 0.25) is 0 Å². The first-order valence-corrected chi connectivity index (χ1v) is 4.55. The van der Waals surface area contributed by atoms with Gasteiger partial charge in [0.1, 0.15) is 6.10 Å². The lowest BCUT2D eigenvalue weighted by Gasteiger charge is -2.15. The molecule has 0 aliphatic carbocycles. The zero-order valence-corrected chi connectivity index (χ0v) is 8.82. The van der Waals surface area contributed by atoms with Crippen molar-refractivity contribution in [2.45, 2.75) is 39.1 Å². The molecule has 0 bridgehead atoms. The molecule has 0 aromatic carbocycles. The maximum absolute atomic E-state index is 9.37. The van der Waals surface area contributed by atoms with Crippen LogP contribution in [0.5, 0.6) is 0 Å². The van der Waals surface area contributed by atoms with Crippen LogP contribution in [0.25, 0.3) is 0 Å². The number of hydrogen-bond donors (Lipinski definition) is 2. The second-order valence-corrected chi connectivity index (χ2v) is 3.38. The van der Waals surface area contributed by atoms with Gasteiger partial charge in [0.25, 0.3) is 0 Å². The zero-order chi connectivity index (χ0) is 11.2. The van der Waals surface area contributed by atoms with E-state index in [1.807, 2.05) is 13.8 Å². The average Bonchev–Trinajstić information content (AvgIpc) is 2.46. The summed E-state index contributed by atoms with van der Waals surface area (Å²) in [4.78, 5) is 9.37. The normalized spacial score (nSPS) is 23.9. The first kappa shape index (κ1) is 13.4. The summed E-state index contributed by atoms with van der Waals surface area (Å²) in [5.41, 5.74) is 0. The van der Waals surface area contributed by atoms with Gasteiger partial charge in [0.05, 0.1) is 13.2 Å². The van der Waals surface area contributed by atoms with Gasteiger partial charge >= 0.3 is 5.97 Å². The van der Waals surface area contributed by atoms with E-state index in [4.69, 9.17) is 19.7 Å². The molecule has 1 aliphatic rings. The van der Waals surface area contributed by atoms with E-state index in [1.54, 1.807) is 6.92 Å². The van der Waals surface area contributed by atoms with Crippen LogP contribution in [-0.4, -0.2) is 41.3 Å². The van der Waals surface area contributed by atoms with Crippen molar-refractivity contribution < 1.29 is 24.5 Å². The van der Waals surface area contributed by atoms with Gasteiger partial charge in [0, 0.05) is 6.42 Å². The summed E-state index contributed by atoms with van der Waals surface area (Å²) < 4.78 is 10.4. The number of carbonyl (C=O) groups is 1. The fourth-order valence-corrected chi connectivity index (χ4v) is 0.853. The first-order chi connectivity index (χ1) is 6.41. The number of carboxylic acids is 1. The van der Waals surface area contributed by atoms with Crippen LogP contribution in [0.1, 0.15) is 27.2 Å². The van der Waals surface area contributed by atoms with Crippen molar-refractivity contribution >= 4 is 5.97 Å². The van der Waals surface area contributed by atoms with Gasteiger partial charge in [-0.3, -0.25) is 4.79 Å². The number of rotatable bonds is 2. The van der Waals surface area contributed by atoms with Crippen molar-refractivity contribution in [1.82, 2.24) is 0 Å². The smallest absolute Gasteiger partial charge is 0.303 e. The number of hydrogen-bond acceptors (Lipinski definition) is 4. The van der Waals surface area contributed by atoms with E-state index in [1.165, 1.54) is 0 Å². The van der Waals surface area contributed by atoms with Crippen molar-refractivity contribution in [3.05, 3.63) is 0 Å². The lowest BCUT2D eigenvalue weighted by Crippen LogP contribution is -2.22. The van der Waals surface area contributed by atoms with E-state index in [0.717, 1.165) is 0 Å². The minimum atomic E-state index is -0.745. The van der Waals surface area contributed by atoms with Crippen LogP contribution in [0.3, 0.4) is 0 Å². The summed E-state index contributed by atoms with van der Waals surface area (Å²) in [7, 11) is 0. The number of ether oxygens (including phenoxy) is 2. The fourth-order valence-electron chi connectivity index (χ4n) is 0.853. The third-order valence-electron chi connectivity index (χ3n) is 1.57. The SMILES string of the molecule is CC1(C)OC[C@@H](CO)O1.CCC(=O)O. The number of aliphatic carboxylic acids is 1. The van der Waals surface area contributed by atoms with Crippen LogP contribution >= 0.6 is 0 Å². The van der Waals surface area contributed by atoms with E-state index < -0.39 is 11.8 Å². The molecule has 1 fully saturated rings. The molecule has 5 heteroatoms. The summed E-state index contributed by atoms with van der Waals surface area (Å²) >= 11 is 0. The summed E-state index contributed by atoms with van der Waals surface area (Å²) in [5.74, 6) is -1.24. The first-order valence-electron chi connectivity index (χ1n) is 4.55. The number of carboxylic acid groups (broad SMARTS) is 1. The Morgan fingerprint density at radius 1 is 1.57 bits per heavy atom. The van der Waals surface area contributed by atoms with Gasteiger partial charge in [-0.2, -0.15) is 0 Å². The molecule has 1 rings (SSSR count). The third-order valence-corrected chi connectivity index (χ3v) is 1.57. The standard InChI is InChI=1S/C6H12O3.C3H6O2/c1-6(2)8-4-5(3-7)9-6;1-2-3(4)5/h5,7H,3-4H2,1-2H3;2H2,1H3,(H,4,5)/t5-;/m1./s1. The van der Waals surface area contributed by atoms with Crippen molar-refractivity contribution in [1.29, 1.82) is 0 Å². The van der Waals surface area contributed by atoms with Gasteiger partial charge in [-0.25, -0.2) is 0 Å². The summed E-state index contributed by atoms with van der Waals surface area (Å²) in [6, 6.07) is 0. The lowest BCUT2D eigenvalue weighted by molar-refractivity contribution is -0.142. The predicted octanol–water partition coefficient (Wildman–Crippen LogP) is 0.611. The zero-order valence-electron chi connectivity index (χ0n) is 8.82. The highest BCUT2D eigenvalue weighted by Crippen LogP contribution is 2.21. The molecule has 0 radical (unpaired) electrons. The lowest BCUT2D eigenvalue weighted by atomic mass is 10.4. The van der Waals surface area contributed by atoms with Gasteiger partial charge in [-0.05, 0) is 13.8 Å². The van der Waals surface area contributed by atoms with E-state index >= 15 is 0 Å². The average molecular weight is 206 g/mol. The van der Waals surface area contributed by atoms with Crippen molar-refractivity contribution in [3.8, 4) is 0 Å². The summed E-state index contributed by atoms with van der Waals surface area (Å²) in [6.45, 7) is 5.82. The highest BCUT2D eigenvalue weighted by atomic mass is 16.7. The topological polar surface area (TPSA) is 76.0 Å². The number of aliphatic hydroxyl groups excluding tert-OH is 1. The van der Waals surface area contributed by atoms with E-state index in [9.17, 15) is 4.79 Å². The molecule has 0 spiro atoms. The van der Waals surface area contributed by atoms with Crippen LogP contribution in [0, 0.1) is 0 Å². The molecule has 5 nitrogen and oxygen atoms in total. The van der Waals surface area contributed by atoms with Crippen LogP contribution < -0.4 is 0 Å². The molecule has 2 N–H and O–H groups in total. The molecular formula is C9H18O5. The molecular weight excluding hydrogens is 188 g/mol. The molecule has 0 amide bonds. The van der Waals surface area contributed by atoms with E-state index in [0.29, 0.717) is 6.61 Å². The van der Waals surface area contributed by atoms with E-state index in [2.05, 4.69) is 0 Å². The Labute approximate surface area is 83.6 Å². The molecule has 84 valence electrons. The largest absolute Gasteiger partial charge is 0.481 e. The monoisotopic (exact) mass is 206 g/mol. The Balaban J connectivity index is 0.000000292.